The molecule has 0 radical (unpaired) electrons. The molecule has 0 bridgehead atoms. The van der Waals surface area contributed by atoms with Crippen LogP contribution >= 0.6 is 0 Å². The van der Waals surface area contributed by atoms with E-state index in [9.17, 15) is 9.59 Å². The number of fused-ring (bicyclic) bond motifs is 1. The van der Waals surface area contributed by atoms with Gasteiger partial charge in [-0.05, 0) is 75.3 Å². The van der Waals surface area contributed by atoms with Crippen molar-refractivity contribution in [1.29, 1.82) is 0 Å². The number of H-pyrrole nitrogens is 1. The van der Waals surface area contributed by atoms with Crippen LogP contribution in [0.15, 0.2) is 23.0 Å². The predicted octanol–water partition coefficient (Wildman–Crippen LogP) is 4.72. The molecule has 1 saturated carbocycles. The average Bonchev–Trinajstić information content (AvgIpc) is 2.80. The van der Waals surface area contributed by atoms with Gasteiger partial charge in [-0.3, -0.25) is 4.79 Å². The van der Waals surface area contributed by atoms with Crippen LogP contribution in [0.4, 0.5) is 4.79 Å². The van der Waals surface area contributed by atoms with Gasteiger partial charge in [0.1, 0.15) is 0 Å². The van der Waals surface area contributed by atoms with Gasteiger partial charge in [-0.25, -0.2) is 4.79 Å². The Morgan fingerprint density at radius 2 is 1.81 bits per heavy atom. The van der Waals surface area contributed by atoms with Crippen molar-refractivity contribution < 1.29 is 4.79 Å². The number of pyridine rings is 1. The van der Waals surface area contributed by atoms with E-state index in [2.05, 4.69) is 35.1 Å². The van der Waals surface area contributed by atoms with Gasteiger partial charge >= 0.3 is 6.03 Å². The molecule has 2 N–H and O–H groups in total. The number of nitrogens with one attached hydrogen (secondary N) is 2. The highest BCUT2D eigenvalue weighted by Gasteiger charge is 2.21. The fourth-order valence-corrected chi connectivity index (χ4v) is 4.68. The molecule has 1 fully saturated rings. The molecule has 0 saturated heterocycles. The van der Waals surface area contributed by atoms with Crippen molar-refractivity contribution in [3.63, 3.8) is 0 Å². The summed E-state index contributed by atoms with van der Waals surface area (Å²) in [6, 6.07) is 6.28. The Hall–Kier alpha value is -2.34. The summed E-state index contributed by atoms with van der Waals surface area (Å²) in [5, 5.41) is 4.25. The van der Waals surface area contributed by atoms with Crippen molar-refractivity contribution in [2.45, 2.75) is 78.8 Å². The molecule has 0 atom stereocenters. The number of rotatable bonds is 9. The van der Waals surface area contributed by atoms with Gasteiger partial charge in [-0.15, -0.1) is 0 Å². The van der Waals surface area contributed by atoms with Crippen molar-refractivity contribution in [2.75, 3.05) is 26.2 Å². The van der Waals surface area contributed by atoms with Crippen molar-refractivity contribution in [3.05, 3.63) is 45.2 Å². The molecule has 2 amide bonds. The third-order valence-corrected chi connectivity index (χ3v) is 7.01. The Balaban J connectivity index is 1.78. The molecule has 3 rings (SSSR count). The molecule has 2 aromatic rings. The average molecular weight is 441 g/mol. The van der Waals surface area contributed by atoms with Crippen LogP contribution in [-0.4, -0.2) is 53.0 Å². The first-order valence-electron chi connectivity index (χ1n) is 12.3. The molecule has 1 aliphatic carbocycles. The zero-order chi connectivity index (χ0) is 23.1. The molecule has 176 valence electrons. The number of aromatic amines is 1. The summed E-state index contributed by atoms with van der Waals surface area (Å²) in [5.41, 5.74) is 3.68. The summed E-state index contributed by atoms with van der Waals surface area (Å²) in [6.07, 6.45) is 6.60. The predicted molar refractivity (Wildman–Crippen MR) is 132 cm³/mol. The Morgan fingerprint density at radius 3 is 2.50 bits per heavy atom. The minimum atomic E-state index is -0.106. The number of hydrogen-bond acceptors (Lipinski definition) is 3. The van der Waals surface area contributed by atoms with Crippen molar-refractivity contribution in [1.82, 2.24) is 20.1 Å². The molecule has 6 heteroatoms. The highest BCUT2D eigenvalue weighted by molar-refractivity contribution is 5.83. The molecular formula is C26H40N4O2. The first-order valence-corrected chi connectivity index (χ1v) is 12.3. The molecule has 6 nitrogen and oxygen atoms in total. The highest BCUT2D eigenvalue weighted by atomic mass is 16.2. The topological polar surface area (TPSA) is 68.4 Å². The second-order valence-electron chi connectivity index (χ2n) is 9.18. The zero-order valence-corrected chi connectivity index (χ0v) is 20.3. The fraction of sp³-hybridized carbons (Fsp3) is 0.615. The maximum Gasteiger partial charge on any atom is 0.317 e. The number of hydrogen-bond donors (Lipinski definition) is 2. The summed E-state index contributed by atoms with van der Waals surface area (Å²) in [7, 11) is 0. The molecule has 1 aromatic heterocycles. The van der Waals surface area contributed by atoms with Crippen LogP contribution in [0.2, 0.25) is 0 Å². The number of amides is 2. The maximum atomic E-state index is 13.2. The number of carbonyl (C=O) groups is 1. The third-order valence-electron chi connectivity index (χ3n) is 7.01. The number of aromatic nitrogens is 1. The van der Waals surface area contributed by atoms with Gasteiger partial charge in [0.2, 0.25) is 0 Å². The molecule has 32 heavy (non-hydrogen) atoms. The second-order valence-corrected chi connectivity index (χ2v) is 9.18. The molecule has 0 spiro atoms. The second kappa shape index (κ2) is 11.5. The molecule has 0 unspecified atom stereocenters. The lowest BCUT2D eigenvalue weighted by molar-refractivity contribution is 0.182. The van der Waals surface area contributed by atoms with Crippen molar-refractivity contribution >= 4 is 16.9 Å². The zero-order valence-electron chi connectivity index (χ0n) is 20.3. The summed E-state index contributed by atoms with van der Waals surface area (Å²) in [6.45, 7) is 12.3. The van der Waals surface area contributed by atoms with E-state index >= 15 is 0 Å². The van der Waals surface area contributed by atoms with Crippen LogP contribution in [0.25, 0.3) is 10.9 Å². The molecule has 1 heterocycles. The van der Waals surface area contributed by atoms with Crippen LogP contribution in [0.1, 0.15) is 69.1 Å². The monoisotopic (exact) mass is 440 g/mol. The first-order chi connectivity index (χ1) is 15.4. The Kier molecular flexibility index (Phi) is 8.74. The van der Waals surface area contributed by atoms with E-state index in [1.54, 1.807) is 0 Å². The van der Waals surface area contributed by atoms with Crippen molar-refractivity contribution in [2.24, 2.45) is 0 Å². The Labute approximate surface area is 192 Å². The van der Waals surface area contributed by atoms with Gasteiger partial charge in [-0.2, -0.15) is 0 Å². The minimum Gasteiger partial charge on any atom is -0.335 e. The van der Waals surface area contributed by atoms with E-state index in [4.69, 9.17) is 0 Å². The van der Waals surface area contributed by atoms with E-state index in [1.165, 1.54) is 19.3 Å². The van der Waals surface area contributed by atoms with E-state index in [0.29, 0.717) is 18.7 Å². The summed E-state index contributed by atoms with van der Waals surface area (Å²) >= 11 is 0. The van der Waals surface area contributed by atoms with Crippen LogP contribution in [0.5, 0.6) is 0 Å². The maximum absolute atomic E-state index is 13.2. The van der Waals surface area contributed by atoms with Gasteiger partial charge in [-0.1, -0.05) is 45.2 Å². The normalized spacial score (nSPS) is 14.8. The van der Waals surface area contributed by atoms with Gasteiger partial charge in [0.15, 0.2) is 0 Å². The van der Waals surface area contributed by atoms with Crippen LogP contribution in [0, 0.1) is 13.8 Å². The van der Waals surface area contributed by atoms with Crippen LogP contribution in [-0.2, 0) is 6.54 Å². The molecule has 1 aliphatic rings. The van der Waals surface area contributed by atoms with E-state index in [1.807, 2.05) is 30.9 Å². The highest BCUT2D eigenvalue weighted by Crippen LogP contribution is 2.20. The quantitative estimate of drug-likeness (QED) is 0.593. The SMILES string of the molecule is CCN(CC)CCCN(Cc1cc2ccc(C)c(C)c2[nH]c1=O)C(=O)NC1CCCCC1. The number of benzene rings is 1. The Bertz CT molecular complexity index is 958. The van der Waals surface area contributed by atoms with Gasteiger partial charge in [0.05, 0.1) is 12.1 Å². The van der Waals surface area contributed by atoms with Crippen LogP contribution in [0.3, 0.4) is 0 Å². The number of carbonyl (C=O) groups excluding carboxylic acids is 1. The fourth-order valence-electron chi connectivity index (χ4n) is 4.68. The van der Waals surface area contributed by atoms with Gasteiger partial charge in [0, 0.05) is 18.2 Å². The molecule has 0 aliphatic heterocycles. The van der Waals surface area contributed by atoms with E-state index < -0.39 is 0 Å². The standard InChI is InChI=1S/C26H40N4O2/c1-5-29(6-2)15-10-16-30(26(32)27-23-11-8-7-9-12-23)18-22-17-21-14-13-19(3)20(4)24(21)28-25(22)31/h13-14,17,23H,5-12,15-16,18H2,1-4H3,(H,27,32)(H,28,31). The summed E-state index contributed by atoms with van der Waals surface area (Å²) in [5.74, 6) is 0. The summed E-state index contributed by atoms with van der Waals surface area (Å²) < 4.78 is 0. The van der Waals surface area contributed by atoms with Gasteiger partial charge in [0.25, 0.3) is 5.56 Å². The first kappa shape index (κ1) is 24.3. The lowest BCUT2D eigenvalue weighted by Crippen LogP contribution is -2.46. The van der Waals surface area contributed by atoms with E-state index in [0.717, 1.165) is 60.9 Å². The van der Waals surface area contributed by atoms with Gasteiger partial charge < -0.3 is 20.1 Å². The molecule has 1 aromatic carbocycles. The lowest BCUT2D eigenvalue weighted by atomic mass is 9.96. The van der Waals surface area contributed by atoms with Crippen LogP contribution < -0.4 is 10.9 Å². The largest absolute Gasteiger partial charge is 0.335 e. The lowest BCUT2D eigenvalue weighted by Gasteiger charge is -2.29. The number of aryl methyl sites for hydroxylation is 2. The molecular weight excluding hydrogens is 400 g/mol. The Morgan fingerprint density at radius 1 is 1.09 bits per heavy atom. The number of nitrogens with zero attached hydrogens (tertiary/aromatic N) is 2. The third kappa shape index (κ3) is 6.12. The van der Waals surface area contributed by atoms with E-state index in [-0.39, 0.29) is 17.6 Å². The minimum absolute atomic E-state index is 0.0453. The smallest absolute Gasteiger partial charge is 0.317 e. The summed E-state index contributed by atoms with van der Waals surface area (Å²) in [4.78, 5) is 33.3. The van der Waals surface area contributed by atoms with Crippen molar-refractivity contribution in [3.8, 4) is 0 Å². The number of urea groups is 1.